The van der Waals surface area contributed by atoms with Crippen LogP contribution in [0.4, 0.5) is 10.2 Å². The minimum atomic E-state index is -0.285. The fourth-order valence-electron chi connectivity index (χ4n) is 4.46. The molecule has 1 aliphatic heterocycles. The van der Waals surface area contributed by atoms with Crippen LogP contribution in [0.3, 0.4) is 0 Å². The van der Waals surface area contributed by atoms with Crippen LogP contribution in [0.15, 0.2) is 55.1 Å². The number of pyridine rings is 1. The first-order valence-corrected chi connectivity index (χ1v) is 11.5. The van der Waals surface area contributed by atoms with Crippen molar-refractivity contribution in [3.05, 3.63) is 77.9 Å². The lowest BCUT2D eigenvalue weighted by Crippen LogP contribution is -2.25. The predicted molar refractivity (Wildman–Crippen MR) is 128 cm³/mol. The highest BCUT2D eigenvalue weighted by molar-refractivity contribution is 5.83. The second-order valence-electron chi connectivity index (χ2n) is 8.48. The van der Waals surface area contributed by atoms with E-state index in [1.54, 1.807) is 19.4 Å². The van der Waals surface area contributed by atoms with Crippen molar-refractivity contribution in [3.63, 3.8) is 0 Å². The number of anilines is 1. The molecule has 1 atom stereocenters. The third-order valence-electron chi connectivity index (χ3n) is 6.17. The Hall–Kier alpha value is -3.43. The summed E-state index contributed by atoms with van der Waals surface area (Å²) in [6.07, 6.45) is 6.64. The maximum absolute atomic E-state index is 14.3. The van der Waals surface area contributed by atoms with Gasteiger partial charge in [0.1, 0.15) is 17.2 Å². The Kier molecular flexibility index (Phi) is 6.73. The number of ether oxygens (including phenoxy) is 1. The number of nitrogens with one attached hydrogen (secondary N) is 1. The number of hydrogen-bond donors (Lipinski definition) is 1. The van der Waals surface area contributed by atoms with E-state index >= 15 is 0 Å². The molecule has 0 bridgehead atoms. The van der Waals surface area contributed by atoms with E-state index in [2.05, 4.69) is 36.9 Å². The molecule has 1 unspecified atom stereocenters. The molecule has 1 N–H and O–H groups in total. The normalized spacial score (nSPS) is 16.4. The van der Waals surface area contributed by atoms with E-state index in [0.29, 0.717) is 37.6 Å². The highest BCUT2D eigenvalue weighted by Gasteiger charge is 2.30. The molecule has 34 heavy (non-hydrogen) atoms. The van der Waals surface area contributed by atoms with Crippen molar-refractivity contribution >= 4 is 17.0 Å². The number of methoxy groups -OCH3 is 1. The molecule has 1 aromatic carbocycles. The average Bonchev–Trinajstić information content (AvgIpc) is 3.48. The van der Waals surface area contributed by atoms with E-state index in [9.17, 15) is 4.39 Å². The summed E-state index contributed by atoms with van der Waals surface area (Å²) in [5.41, 5.74) is 3.33. The molecule has 4 heterocycles. The van der Waals surface area contributed by atoms with Crippen molar-refractivity contribution in [1.82, 2.24) is 29.4 Å². The number of hydrogen-bond acceptors (Lipinski definition) is 7. The number of halogens is 1. The lowest BCUT2D eigenvalue weighted by atomic mass is 10.1. The molecule has 0 saturated carbocycles. The van der Waals surface area contributed by atoms with E-state index in [-0.39, 0.29) is 11.9 Å². The second-order valence-corrected chi connectivity index (χ2v) is 8.48. The fraction of sp³-hybridized carbons (Fsp3) is 0.360. The van der Waals surface area contributed by atoms with Crippen LogP contribution in [0.2, 0.25) is 0 Å². The zero-order chi connectivity index (χ0) is 23.3. The van der Waals surface area contributed by atoms with Crippen LogP contribution in [0.25, 0.3) is 11.2 Å². The summed E-state index contributed by atoms with van der Waals surface area (Å²) in [7, 11) is 1.67. The Morgan fingerprint density at radius 3 is 2.85 bits per heavy atom. The van der Waals surface area contributed by atoms with E-state index in [4.69, 9.17) is 14.7 Å². The summed E-state index contributed by atoms with van der Waals surface area (Å²) >= 11 is 0. The van der Waals surface area contributed by atoms with Crippen molar-refractivity contribution < 1.29 is 9.13 Å². The molecule has 4 aromatic rings. The molecule has 3 aromatic heterocycles. The maximum atomic E-state index is 14.3. The van der Waals surface area contributed by atoms with E-state index in [1.165, 1.54) is 11.8 Å². The van der Waals surface area contributed by atoms with Gasteiger partial charge in [0.25, 0.3) is 0 Å². The summed E-state index contributed by atoms with van der Waals surface area (Å²) in [6, 6.07) is 12.0. The van der Waals surface area contributed by atoms with E-state index < -0.39 is 0 Å². The minimum Gasteiger partial charge on any atom is -0.383 e. The maximum Gasteiger partial charge on any atom is 0.166 e. The zero-order valence-corrected chi connectivity index (χ0v) is 19.2. The van der Waals surface area contributed by atoms with Crippen molar-refractivity contribution in [2.45, 2.75) is 32.0 Å². The van der Waals surface area contributed by atoms with E-state index in [1.807, 2.05) is 24.5 Å². The Balaban J connectivity index is 1.50. The summed E-state index contributed by atoms with van der Waals surface area (Å²) in [5.74, 6) is 1.15. The van der Waals surface area contributed by atoms with Crippen LogP contribution in [0, 0.1) is 5.82 Å². The van der Waals surface area contributed by atoms with Crippen molar-refractivity contribution in [2.24, 2.45) is 0 Å². The third kappa shape index (κ3) is 4.76. The first-order chi connectivity index (χ1) is 16.7. The first-order valence-electron chi connectivity index (χ1n) is 11.5. The molecule has 0 spiro atoms. The van der Waals surface area contributed by atoms with Gasteiger partial charge >= 0.3 is 0 Å². The Bertz CT molecular complexity index is 1250. The molecule has 1 aliphatic rings. The minimum absolute atomic E-state index is 0.0000146. The van der Waals surface area contributed by atoms with Gasteiger partial charge in [0.2, 0.25) is 0 Å². The molecule has 176 valence electrons. The molecule has 9 heteroatoms. The van der Waals surface area contributed by atoms with Crippen molar-refractivity contribution in [1.29, 1.82) is 0 Å². The third-order valence-corrected chi connectivity index (χ3v) is 6.17. The molecular weight excluding hydrogens is 433 g/mol. The smallest absolute Gasteiger partial charge is 0.166 e. The first kappa shape index (κ1) is 22.4. The number of benzene rings is 1. The van der Waals surface area contributed by atoms with E-state index in [0.717, 1.165) is 36.4 Å². The standard InChI is InChI=1S/C25H28FN7O/c1-34-13-11-28-24-22-25(33(17-29-22)15-18-6-3-2-4-7-18)31-23(30-24)21-8-5-12-32(21)16-19-9-10-27-14-20(19)26/h2-4,6-7,9-10,14,17,21H,5,8,11-13,15-16H2,1H3,(H,28,30,31). The number of imidazole rings is 1. The monoisotopic (exact) mass is 461 g/mol. The Morgan fingerprint density at radius 1 is 1.15 bits per heavy atom. The zero-order valence-electron chi connectivity index (χ0n) is 19.2. The fourth-order valence-corrected chi connectivity index (χ4v) is 4.46. The number of rotatable bonds is 9. The number of fused-ring (bicyclic) bond motifs is 1. The van der Waals surface area contributed by atoms with Crippen molar-refractivity contribution in [2.75, 3.05) is 32.1 Å². The molecule has 1 saturated heterocycles. The average molecular weight is 462 g/mol. The van der Waals surface area contributed by atoms with Gasteiger partial charge in [-0.05, 0) is 31.0 Å². The molecule has 1 fully saturated rings. The van der Waals surface area contributed by atoms with Crippen LogP contribution in [0.5, 0.6) is 0 Å². The van der Waals surface area contributed by atoms with Gasteiger partial charge in [-0.25, -0.2) is 19.3 Å². The topological polar surface area (TPSA) is 81.0 Å². The summed E-state index contributed by atoms with van der Waals surface area (Å²) in [5, 5.41) is 3.36. The Labute approximate surface area is 197 Å². The molecule has 8 nitrogen and oxygen atoms in total. The Morgan fingerprint density at radius 2 is 2.03 bits per heavy atom. The molecule has 5 rings (SSSR count). The quantitative estimate of drug-likeness (QED) is 0.380. The predicted octanol–water partition coefficient (Wildman–Crippen LogP) is 3.80. The highest BCUT2D eigenvalue weighted by atomic mass is 19.1. The number of aromatic nitrogens is 5. The van der Waals surface area contributed by atoms with Gasteiger partial charge < -0.3 is 14.6 Å². The molecule has 0 radical (unpaired) electrons. The van der Waals surface area contributed by atoms with Crippen molar-refractivity contribution in [3.8, 4) is 0 Å². The van der Waals surface area contributed by atoms with Crippen LogP contribution in [-0.4, -0.2) is 56.2 Å². The van der Waals surface area contributed by atoms with Crippen LogP contribution in [0.1, 0.15) is 35.8 Å². The van der Waals surface area contributed by atoms with Gasteiger partial charge in [-0.2, -0.15) is 0 Å². The number of nitrogens with zero attached hydrogens (tertiary/aromatic N) is 6. The van der Waals surface area contributed by atoms with Gasteiger partial charge in [0, 0.05) is 32.0 Å². The largest absolute Gasteiger partial charge is 0.383 e. The lowest BCUT2D eigenvalue weighted by Gasteiger charge is -2.24. The summed E-state index contributed by atoms with van der Waals surface area (Å²) in [6.45, 7) is 3.20. The van der Waals surface area contributed by atoms with Crippen LogP contribution in [-0.2, 0) is 17.8 Å². The molecule has 0 amide bonds. The van der Waals surface area contributed by atoms with Crippen LogP contribution >= 0.6 is 0 Å². The molecular formula is C25H28FN7O. The van der Waals surface area contributed by atoms with Gasteiger partial charge in [0.15, 0.2) is 11.5 Å². The second kappa shape index (κ2) is 10.2. The van der Waals surface area contributed by atoms with Gasteiger partial charge in [-0.3, -0.25) is 9.88 Å². The van der Waals surface area contributed by atoms with Gasteiger partial charge in [-0.15, -0.1) is 0 Å². The summed E-state index contributed by atoms with van der Waals surface area (Å²) in [4.78, 5) is 20.6. The molecule has 0 aliphatic carbocycles. The van der Waals surface area contributed by atoms with Gasteiger partial charge in [0.05, 0.1) is 31.7 Å². The van der Waals surface area contributed by atoms with Gasteiger partial charge in [-0.1, -0.05) is 30.3 Å². The lowest BCUT2D eigenvalue weighted by molar-refractivity contribution is 0.210. The van der Waals surface area contributed by atoms with Crippen LogP contribution < -0.4 is 5.32 Å². The SMILES string of the molecule is COCCNc1nc(C2CCCN2Cc2ccncc2F)nc2c1ncn2Cc1ccccc1. The summed E-state index contributed by atoms with van der Waals surface area (Å²) < 4.78 is 21.5. The highest BCUT2D eigenvalue weighted by Crippen LogP contribution is 2.33. The number of likely N-dealkylation sites (tertiary alicyclic amines) is 1.